The molecule has 3 aromatic rings. The number of nitriles is 1. The topological polar surface area (TPSA) is 68.2 Å². The molecule has 0 spiro atoms. The predicted octanol–water partition coefficient (Wildman–Crippen LogP) is 5.64. The zero-order chi connectivity index (χ0) is 24.0. The first-order valence-corrected chi connectivity index (χ1v) is 9.93. The first-order chi connectivity index (χ1) is 15.7. The Hall–Kier alpha value is -3.90. The third-order valence-electron chi connectivity index (χ3n) is 4.81. The zero-order valence-electron chi connectivity index (χ0n) is 17.6. The number of hydrogen-bond acceptors (Lipinski definition) is 3. The summed E-state index contributed by atoms with van der Waals surface area (Å²) in [6.07, 6.45) is -4.74. The molecule has 0 heterocycles. The van der Waals surface area contributed by atoms with E-state index in [2.05, 4.69) is 16.7 Å². The van der Waals surface area contributed by atoms with Crippen molar-refractivity contribution < 1.29 is 22.4 Å². The third-order valence-corrected chi connectivity index (χ3v) is 4.81. The predicted molar refractivity (Wildman–Crippen MR) is 118 cm³/mol. The molecule has 0 aliphatic heterocycles. The molecule has 9 heteroatoms. The van der Waals surface area contributed by atoms with Gasteiger partial charge >= 0.3 is 12.2 Å². The molecule has 0 atom stereocenters. The van der Waals surface area contributed by atoms with Crippen molar-refractivity contribution in [1.29, 1.82) is 5.26 Å². The van der Waals surface area contributed by atoms with Crippen LogP contribution in [0.2, 0.25) is 0 Å². The summed E-state index contributed by atoms with van der Waals surface area (Å²) in [5, 5.41) is 14.3. The van der Waals surface area contributed by atoms with Crippen molar-refractivity contribution in [1.82, 2.24) is 5.32 Å². The van der Waals surface area contributed by atoms with Gasteiger partial charge in [0.25, 0.3) is 0 Å². The number of urea groups is 1. The molecule has 0 saturated carbocycles. The summed E-state index contributed by atoms with van der Waals surface area (Å²) in [4.78, 5) is 14.2. The maximum Gasteiger partial charge on any atom is 0.416 e. The van der Waals surface area contributed by atoms with E-state index < -0.39 is 23.6 Å². The normalized spacial score (nSPS) is 11.0. The van der Waals surface area contributed by atoms with Crippen LogP contribution in [0.1, 0.15) is 11.1 Å². The molecule has 0 bridgehead atoms. The Morgan fingerprint density at radius 2 is 1.76 bits per heavy atom. The molecule has 0 aliphatic carbocycles. The number of nitrogens with one attached hydrogen (secondary N) is 2. The van der Waals surface area contributed by atoms with Crippen LogP contribution < -0.4 is 15.5 Å². The van der Waals surface area contributed by atoms with Crippen LogP contribution in [0.25, 0.3) is 11.1 Å². The number of carbonyl (C=O) groups excluding carboxylic acids is 1. The van der Waals surface area contributed by atoms with Gasteiger partial charge < -0.3 is 10.6 Å². The molecule has 0 radical (unpaired) electrons. The fraction of sp³-hybridized carbons (Fsp3) is 0.167. The molecule has 0 unspecified atom stereocenters. The monoisotopic (exact) mass is 456 g/mol. The van der Waals surface area contributed by atoms with E-state index in [-0.39, 0.29) is 12.2 Å². The molecule has 0 aliphatic rings. The molecule has 170 valence electrons. The van der Waals surface area contributed by atoms with Gasteiger partial charge in [-0.2, -0.15) is 18.4 Å². The second-order valence-electron chi connectivity index (χ2n) is 7.15. The smallest absolute Gasteiger partial charge is 0.318 e. The minimum atomic E-state index is -4.74. The lowest BCUT2D eigenvalue weighted by Crippen LogP contribution is -2.39. The van der Waals surface area contributed by atoms with Gasteiger partial charge in [-0.05, 0) is 60.6 Å². The quantitative estimate of drug-likeness (QED) is 0.472. The van der Waals surface area contributed by atoms with Crippen LogP contribution in [0.3, 0.4) is 0 Å². The van der Waals surface area contributed by atoms with Crippen LogP contribution in [-0.2, 0) is 6.18 Å². The first-order valence-electron chi connectivity index (χ1n) is 9.93. The van der Waals surface area contributed by atoms with Gasteiger partial charge in [0, 0.05) is 24.5 Å². The van der Waals surface area contributed by atoms with E-state index in [0.29, 0.717) is 29.9 Å². The van der Waals surface area contributed by atoms with Gasteiger partial charge in [-0.15, -0.1) is 0 Å². The minimum Gasteiger partial charge on any atom is -0.318 e. The summed E-state index contributed by atoms with van der Waals surface area (Å²) in [6.45, 7) is 0.628. The Balaban J connectivity index is 1.85. The van der Waals surface area contributed by atoms with Gasteiger partial charge in [0.2, 0.25) is 0 Å². The molecule has 3 aromatic carbocycles. The van der Waals surface area contributed by atoms with E-state index in [1.807, 2.05) is 6.07 Å². The molecular weight excluding hydrogens is 436 g/mol. The van der Waals surface area contributed by atoms with Crippen LogP contribution in [0.4, 0.5) is 33.7 Å². The second kappa shape index (κ2) is 10.1. The third kappa shape index (κ3) is 6.08. The van der Waals surface area contributed by atoms with Crippen molar-refractivity contribution in [2.24, 2.45) is 0 Å². The van der Waals surface area contributed by atoms with Gasteiger partial charge in [-0.1, -0.05) is 24.3 Å². The standard InChI is InChI=1S/C24H20F4N4O/c1-30-9-10-32(23(33)31-21-13-19(24(26,27)28)12-20(25)14-21)22-7-5-17(6-8-22)18-4-2-3-16(11-18)15-29/h2-8,11-14,30H,9-10H2,1H3,(H,31,33). The Morgan fingerprint density at radius 3 is 2.39 bits per heavy atom. The number of hydrogen-bond donors (Lipinski definition) is 2. The lowest BCUT2D eigenvalue weighted by Gasteiger charge is -2.24. The molecule has 2 amide bonds. The lowest BCUT2D eigenvalue weighted by atomic mass is 10.0. The Labute approximate surface area is 188 Å². The van der Waals surface area contributed by atoms with E-state index in [4.69, 9.17) is 5.26 Å². The average Bonchev–Trinajstić information content (AvgIpc) is 2.79. The Kier molecular flexibility index (Phi) is 7.30. The molecule has 33 heavy (non-hydrogen) atoms. The van der Waals surface area contributed by atoms with Gasteiger partial charge in [0.15, 0.2) is 0 Å². The van der Waals surface area contributed by atoms with E-state index >= 15 is 0 Å². The molecule has 3 rings (SSSR count). The van der Waals surface area contributed by atoms with Crippen LogP contribution in [0.15, 0.2) is 66.7 Å². The minimum absolute atomic E-state index is 0.215. The van der Waals surface area contributed by atoms with Crippen molar-refractivity contribution in [2.75, 3.05) is 30.4 Å². The van der Waals surface area contributed by atoms with Crippen LogP contribution in [0, 0.1) is 17.1 Å². The highest BCUT2D eigenvalue weighted by Gasteiger charge is 2.31. The number of nitrogens with zero attached hydrogens (tertiary/aromatic N) is 2. The molecular formula is C24H20F4N4O. The number of alkyl halides is 3. The molecule has 0 aromatic heterocycles. The SMILES string of the molecule is CNCCN(C(=O)Nc1cc(F)cc(C(F)(F)F)c1)c1ccc(-c2cccc(C#N)c2)cc1. The van der Waals surface area contributed by atoms with E-state index in [1.165, 1.54) is 4.90 Å². The average molecular weight is 456 g/mol. The Morgan fingerprint density at radius 1 is 1.03 bits per heavy atom. The van der Waals surface area contributed by atoms with Crippen molar-refractivity contribution in [3.8, 4) is 17.2 Å². The van der Waals surface area contributed by atoms with Gasteiger partial charge in [-0.3, -0.25) is 4.90 Å². The number of amides is 2. The van der Waals surface area contributed by atoms with Crippen molar-refractivity contribution in [3.63, 3.8) is 0 Å². The van der Waals surface area contributed by atoms with Gasteiger partial charge in [-0.25, -0.2) is 9.18 Å². The first kappa shape index (κ1) is 23.8. The highest BCUT2D eigenvalue weighted by molar-refractivity contribution is 6.02. The van der Waals surface area contributed by atoms with Gasteiger partial charge in [0.1, 0.15) is 5.82 Å². The summed E-state index contributed by atoms with van der Waals surface area (Å²) in [5.74, 6) is -1.11. The number of benzene rings is 3. The fourth-order valence-corrected chi connectivity index (χ4v) is 3.19. The molecule has 0 fully saturated rings. The van der Waals surface area contributed by atoms with Crippen LogP contribution in [0.5, 0.6) is 0 Å². The van der Waals surface area contributed by atoms with Crippen molar-refractivity contribution >= 4 is 17.4 Å². The summed E-state index contributed by atoms with van der Waals surface area (Å²) in [6, 6.07) is 17.2. The highest BCUT2D eigenvalue weighted by atomic mass is 19.4. The maximum atomic E-state index is 13.7. The van der Waals surface area contributed by atoms with E-state index in [0.717, 1.165) is 17.2 Å². The highest BCUT2D eigenvalue weighted by Crippen LogP contribution is 2.32. The zero-order valence-corrected chi connectivity index (χ0v) is 17.6. The number of rotatable bonds is 6. The van der Waals surface area contributed by atoms with Crippen LogP contribution in [-0.4, -0.2) is 26.2 Å². The molecule has 2 N–H and O–H groups in total. The van der Waals surface area contributed by atoms with Crippen LogP contribution >= 0.6 is 0 Å². The number of halogens is 4. The second-order valence-corrected chi connectivity index (χ2v) is 7.15. The maximum absolute atomic E-state index is 13.7. The largest absolute Gasteiger partial charge is 0.416 e. The number of carbonyl (C=O) groups is 1. The van der Waals surface area contributed by atoms with Gasteiger partial charge in [0.05, 0.1) is 17.2 Å². The summed E-state index contributed by atoms with van der Waals surface area (Å²) < 4.78 is 52.7. The lowest BCUT2D eigenvalue weighted by molar-refractivity contribution is -0.137. The summed E-state index contributed by atoms with van der Waals surface area (Å²) in [5.41, 5.74) is 1.17. The molecule has 5 nitrogen and oxygen atoms in total. The summed E-state index contributed by atoms with van der Waals surface area (Å²) >= 11 is 0. The van der Waals surface area contributed by atoms with E-state index in [1.54, 1.807) is 49.5 Å². The fourth-order valence-electron chi connectivity index (χ4n) is 3.19. The van der Waals surface area contributed by atoms with Crippen molar-refractivity contribution in [2.45, 2.75) is 6.18 Å². The number of anilines is 2. The Bertz CT molecular complexity index is 1170. The molecule has 0 saturated heterocycles. The number of likely N-dealkylation sites (N-methyl/N-ethyl adjacent to an activating group) is 1. The summed E-state index contributed by atoms with van der Waals surface area (Å²) in [7, 11) is 1.70. The van der Waals surface area contributed by atoms with Crippen molar-refractivity contribution in [3.05, 3.63) is 83.7 Å². The van der Waals surface area contributed by atoms with E-state index in [9.17, 15) is 22.4 Å².